The lowest BCUT2D eigenvalue weighted by Crippen LogP contribution is -2.19. The van der Waals surface area contributed by atoms with E-state index in [4.69, 9.17) is 10.00 Å². The summed E-state index contributed by atoms with van der Waals surface area (Å²) >= 11 is 0. The summed E-state index contributed by atoms with van der Waals surface area (Å²) in [5.74, 6) is -0.262. The van der Waals surface area contributed by atoms with E-state index < -0.39 is 0 Å². The zero-order chi connectivity index (χ0) is 13.0. The van der Waals surface area contributed by atoms with E-state index in [1.54, 1.807) is 0 Å². The summed E-state index contributed by atoms with van der Waals surface area (Å²) in [6.45, 7) is 0.702. The Labute approximate surface area is 105 Å². The van der Waals surface area contributed by atoms with Gasteiger partial charge in [0.25, 0.3) is 0 Å². The highest BCUT2D eigenvalue weighted by molar-refractivity contribution is 5.92. The molecule has 1 atom stereocenters. The van der Waals surface area contributed by atoms with Gasteiger partial charge >= 0.3 is 0 Å². The standard InChI is InChI=1S/C13H14N2O3/c14-8-9-3-4-12(16)11(6-9)15-13(17)7-10-2-1-5-18-10/h3-4,6,10,16H,1-2,5,7H2,(H,15,17). The van der Waals surface area contributed by atoms with Crippen LogP contribution in [0.2, 0.25) is 0 Å². The molecule has 1 aromatic carbocycles. The van der Waals surface area contributed by atoms with E-state index in [1.165, 1.54) is 18.2 Å². The number of benzene rings is 1. The van der Waals surface area contributed by atoms with E-state index in [1.807, 2.05) is 6.07 Å². The van der Waals surface area contributed by atoms with E-state index >= 15 is 0 Å². The van der Waals surface area contributed by atoms with Gasteiger partial charge in [-0.05, 0) is 31.0 Å². The van der Waals surface area contributed by atoms with Crippen LogP contribution in [-0.4, -0.2) is 23.7 Å². The van der Waals surface area contributed by atoms with Crippen molar-refractivity contribution < 1.29 is 14.6 Å². The molecule has 1 aromatic rings. The molecular formula is C13H14N2O3. The Hall–Kier alpha value is -2.06. The van der Waals surface area contributed by atoms with Crippen molar-refractivity contribution in [2.75, 3.05) is 11.9 Å². The molecule has 1 heterocycles. The van der Waals surface area contributed by atoms with Crippen LogP contribution in [0.1, 0.15) is 24.8 Å². The first-order valence-corrected chi connectivity index (χ1v) is 5.83. The number of hydrogen-bond donors (Lipinski definition) is 2. The monoisotopic (exact) mass is 246 g/mol. The van der Waals surface area contributed by atoms with Gasteiger partial charge in [-0.2, -0.15) is 5.26 Å². The topological polar surface area (TPSA) is 82.4 Å². The highest BCUT2D eigenvalue weighted by atomic mass is 16.5. The van der Waals surface area contributed by atoms with E-state index in [0.29, 0.717) is 12.2 Å². The smallest absolute Gasteiger partial charge is 0.227 e. The number of nitrogens with one attached hydrogen (secondary N) is 1. The molecular weight excluding hydrogens is 232 g/mol. The highest BCUT2D eigenvalue weighted by Gasteiger charge is 2.19. The Morgan fingerprint density at radius 2 is 2.44 bits per heavy atom. The van der Waals surface area contributed by atoms with Gasteiger partial charge in [-0.3, -0.25) is 4.79 Å². The van der Waals surface area contributed by atoms with E-state index in [-0.39, 0.29) is 29.9 Å². The number of amides is 1. The average molecular weight is 246 g/mol. The van der Waals surface area contributed by atoms with Gasteiger partial charge in [0, 0.05) is 6.61 Å². The predicted octanol–water partition coefficient (Wildman–Crippen LogP) is 1.77. The number of nitrogens with zero attached hydrogens (tertiary/aromatic N) is 1. The minimum atomic E-state index is -0.215. The van der Waals surface area contributed by atoms with Crippen molar-refractivity contribution in [2.24, 2.45) is 0 Å². The largest absolute Gasteiger partial charge is 0.506 e. The van der Waals surface area contributed by atoms with E-state index in [9.17, 15) is 9.90 Å². The van der Waals surface area contributed by atoms with E-state index in [0.717, 1.165) is 12.8 Å². The fourth-order valence-corrected chi connectivity index (χ4v) is 1.92. The third kappa shape index (κ3) is 2.99. The number of phenolic OH excluding ortho intramolecular Hbond substituents is 1. The molecule has 94 valence electrons. The van der Waals surface area contributed by atoms with Crippen molar-refractivity contribution >= 4 is 11.6 Å². The minimum Gasteiger partial charge on any atom is -0.506 e. The van der Waals surface area contributed by atoms with Crippen molar-refractivity contribution in [1.82, 2.24) is 0 Å². The summed E-state index contributed by atoms with van der Waals surface area (Å²) in [5.41, 5.74) is 0.650. The summed E-state index contributed by atoms with van der Waals surface area (Å²) < 4.78 is 5.36. The number of rotatable bonds is 3. The maximum absolute atomic E-state index is 11.7. The van der Waals surface area contributed by atoms with Gasteiger partial charge in [0.1, 0.15) is 5.75 Å². The second kappa shape index (κ2) is 5.52. The Kier molecular flexibility index (Phi) is 3.80. The zero-order valence-corrected chi connectivity index (χ0v) is 9.85. The van der Waals surface area contributed by atoms with Gasteiger partial charge in [-0.25, -0.2) is 0 Å². The molecule has 1 fully saturated rings. The average Bonchev–Trinajstić information content (AvgIpc) is 2.84. The summed E-state index contributed by atoms with van der Waals surface area (Å²) in [5, 5.41) is 20.9. The van der Waals surface area contributed by atoms with Gasteiger partial charge in [-0.1, -0.05) is 0 Å². The van der Waals surface area contributed by atoms with Gasteiger partial charge in [0.15, 0.2) is 0 Å². The first-order chi connectivity index (χ1) is 8.69. The number of carbonyl (C=O) groups excluding carboxylic acids is 1. The summed E-state index contributed by atoms with van der Waals surface area (Å²) in [4.78, 5) is 11.7. The molecule has 2 N–H and O–H groups in total. The van der Waals surface area contributed by atoms with Crippen LogP contribution >= 0.6 is 0 Å². The van der Waals surface area contributed by atoms with Gasteiger partial charge in [-0.15, -0.1) is 0 Å². The van der Waals surface area contributed by atoms with E-state index in [2.05, 4.69) is 5.32 Å². The lowest BCUT2D eigenvalue weighted by atomic mass is 10.1. The van der Waals surface area contributed by atoms with Crippen LogP contribution in [0.25, 0.3) is 0 Å². The van der Waals surface area contributed by atoms with Crippen molar-refractivity contribution in [2.45, 2.75) is 25.4 Å². The molecule has 0 bridgehead atoms. The Balaban J connectivity index is 1.99. The van der Waals surface area contributed by atoms with Crippen molar-refractivity contribution in [1.29, 1.82) is 5.26 Å². The normalized spacial score (nSPS) is 18.3. The van der Waals surface area contributed by atoms with Gasteiger partial charge in [0.05, 0.1) is 29.8 Å². The SMILES string of the molecule is N#Cc1ccc(O)c(NC(=O)CC2CCCO2)c1. The zero-order valence-electron chi connectivity index (χ0n) is 9.85. The molecule has 18 heavy (non-hydrogen) atoms. The van der Waals surface area contributed by atoms with Crippen LogP contribution in [0.15, 0.2) is 18.2 Å². The molecule has 1 amide bonds. The summed E-state index contributed by atoms with van der Waals surface area (Å²) in [7, 11) is 0. The van der Waals surface area contributed by atoms with Crippen LogP contribution in [0.3, 0.4) is 0 Å². The third-order valence-corrected chi connectivity index (χ3v) is 2.84. The fourth-order valence-electron chi connectivity index (χ4n) is 1.92. The lowest BCUT2D eigenvalue weighted by molar-refractivity contribution is -0.118. The number of aromatic hydroxyl groups is 1. The number of carbonyl (C=O) groups is 1. The van der Waals surface area contributed by atoms with Crippen molar-refractivity contribution in [3.8, 4) is 11.8 Å². The van der Waals surface area contributed by atoms with Crippen LogP contribution in [-0.2, 0) is 9.53 Å². The first-order valence-electron chi connectivity index (χ1n) is 5.83. The number of nitriles is 1. The molecule has 1 unspecified atom stereocenters. The van der Waals surface area contributed by atoms with Crippen LogP contribution in [0.5, 0.6) is 5.75 Å². The molecule has 1 saturated heterocycles. The maximum atomic E-state index is 11.7. The minimum absolute atomic E-state index is 0.0358. The number of anilines is 1. The summed E-state index contributed by atoms with van der Waals surface area (Å²) in [6, 6.07) is 6.28. The molecule has 0 spiro atoms. The van der Waals surface area contributed by atoms with Crippen molar-refractivity contribution in [3.63, 3.8) is 0 Å². The molecule has 1 aliphatic rings. The third-order valence-electron chi connectivity index (χ3n) is 2.84. The number of ether oxygens (including phenoxy) is 1. The number of hydrogen-bond acceptors (Lipinski definition) is 4. The quantitative estimate of drug-likeness (QED) is 0.796. The molecule has 2 rings (SSSR count). The van der Waals surface area contributed by atoms with Gasteiger partial charge in [0.2, 0.25) is 5.91 Å². The van der Waals surface area contributed by atoms with Crippen molar-refractivity contribution in [3.05, 3.63) is 23.8 Å². The molecule has 0 radical (unpaired) electrons. The fraction of sp³-hybridized carbons (Fsp3) is 0.385. The Bertz CT molecular complexity index is 487. The molecule has 5 heteroatoms. The second-order valence-corrected chi connectivity index (χ2v) is 4.23. The number of phenols is 1. The van der Waals surface area contributed by atoms with Crippen LogP contribution in [0, 0.1) is 11.3 Å². The molecule has 5 nitrogen and oxygen atoms in total. The Morgan fingerprint density at radius 3 is 3.11 bits per heavy atom. The maximum Gasteiger partial charge on any atom is 0.227 e. The highest BCUT2D eigenvalue weighted by Crippen LogP contribution is 2.24. The van der Waals surface area contributed by atoms with Crippen LogP contribution < -0.4 is 5.32 Å². The molecule has 0 aliphatic carbocycles. The van der Waals surface area contributed by atoms with Crippen LogP contribution in [0.4, 0.5) is 5.69 Å². The molecule has 0 saturated carbocycles. The first kappa shape index (κ1) is 12.4. The van der Waals surface area contributed by atoms with Gasteiger partial charge < -0.3 is 15.2 Å². The summed E-state index contributed by atoms with van der Waals surface area (Å²) in [6.07, 6.45) is 2.10. The molecule has 0 aromatic heterocycles. The lowest BCUT2D eigenvalue weighted by Gasteiger charge is -2.11. The Morgan fingerprint density at radius 1 is 1.61 bits per heavy atom. The predicted molar refractivity (Wildman–Crippen MR) is 65.0 cm³/mol. The second-order valence-electron chi connectivity index (χ2n) is 4.23. The molecule has 1 aliphatic heterocycles.